The molecule has 3 aliphatic heterocycles. The maximum atomic E-state index is 13.0. The van der Waals surface area contributed by atoms with Gasteiger partial charge in [-0.1, -0.05) is 18.5 Å². The van der Waals surface area contributed by atoms with Crippen molar-refractivity contribution in [2.24, 2.45) is 17.3 Å². The van der Waals surface area contributed by atoms with Crippen LogP contribution in [0.25, 0.3) is 0 Å². The van der Waals surface area contributed by atoms with Gasteiger partial charge in [0.05, 0.1) is 35.2 Å². The minimum atomic E-state index is -2.24. The van der Waals surface area contributed by atoms with E-state index in [-0.39, 0.29) is 17.2 Å². The fraction of sp³-hybridized carbons (Fsp3) is 0.769. The van der Waals surface area contributed by atoms with Crippen LogP contribution in [0.2, 0.25) is 0 Å². The van der Waals surface area contributed by atoms with Crippen molar-refractivity contribution in [3.8, 4) is 0 Å². The number of carbonyl (C=O) groups is 4. The Balaban J connectivity index is 1.82. The van der Waals surface area contributed by atoms with E-state index in [2.05, 4.69) is 0 Å². The Morgan fingerprint density at radius 1 is 1.08 bits per heavy atom. The number of esters is 4. The zero-order valence-electron chi connectivity index (χ0n) is 22.3. The molecule has 11 atom stereocenters. The minimum absolute atomic E-state index is 0.116. The van der Waals surface area contributed by atoms with Gasteiger partial charge in [-0.3, -0.25) is 19.2 Å². The molecule has 3 saturated heterocycles. The van der Waals surface area contributed by atoms with Gasteiger partial charge in [0.15, 0.2) is 11.7 Å². The van der Waals surface area contributed by atoms with E-state index in [0.717, 1.165) is 6.92 Å². The maximum Gasteiger partial charge on any atom is 0.312 e. The summed E-state index contributed by atoms with van der Waals surface area (Å²) in [5.41, 5.74) is -4.48. The fourth-order valence-corrected chi connectivity index (χ4v) is 7.58. The van der Waals surface area contributed by atoms with Crippen LogP contribution in [-0.2, 0) is 47.6 Å². The summed E-state index contributed by atoms with van der Waals surface area (Å²) in [5, 5.41) is 22.6. The molecule has 13 heteroatoms. The molecule has 2 aliphatic carbocycles. The molecule has 1 saturated carbocycles. The highest BCUT2D eigenvalue weighted by molar-refractivity contribution is 6.31. The van der Waals surface area contributed by atoms with E-state index in [9.17, 15) is 29.4 Å². The molecule has 2 N–H and O–H groups in total. The topological polar surface area (TPSA) is 171 Å². The van der Waals surface area contributed by atoms with E-state index in [1.54, 1.807) is 6.92 Å². The molecule has 1 spiro atoms. The van der Waals surface area contributed by atoms with Crippen LogP contribution in [0.3, 0.4) is 0 Å². The van der Waals surface area contributed by atoms with Crippen molar-refractivity contribution in [2.45, 2.75) is 95.3 Å². The third-order valence-corrected chi connectivity index (χ3v) is 9.56. The lowest BCUT2D eigenvalue weighted by Gasteiger charge is -2.56. The molecule has 4 fully saturated rings. The first-order valence-corrected chi connectivity index (χ1v) is 13.3. The lowest BCUT2D eigenvalue weighted by Crippen LogP contribution is -2.70. The summed E-state index contributed by atoms with van der Waals surface area (Å²) in [7, 11) is 0. The van der Waals surface area contributed by atoms with Crippen molar-refractivity contribution in [3.63, 3.8) is 0 Å². The zero-order valence-corrected chi connectivity index (χ0v) is 23.1. The van der Waals surface area contributed by atoms with E-state index in [1.165, 1.54) is 20.8 Å². The molecule has 0 amide bonds. The Hall–Kier alpha value is -2.25. The highest BCUT2D eigenvalue weighted by Gasteiger charge is 2.77. The Labute approximate surface area is 229 Å². The Bertz CT molecular complexity index is 1130. The van der Waals surface area contributed by atoms with Gasteiger partial charge in [0.2, 0.25) is 0 Å². The third-order valence-electron chi connectivity index (χ3n) is 9.12. The first kappa shape index (κ1) is 28.3. The monoisotopic (exact) mass is 572 g/mol. The highest BCUT2D eigenvalue weighted by Crippen LogP contribution is 2.64. The molecule has 0 radical (unpaired) electrons. The molecular weight excluding hydrogens is 540 g/mol. The second-order valence-corrected chi connectivity index (χ2v) is 11.8. The van der Waals surface area contributed by atoms with Crippen LogP contribution < -0.4 is 0 Å². The van der Waals surface area contributed by atoms with E-state index >= 15 is 0 Å². The lowest BCUT2D eigenvalue weighted by molar-refractivity contribution is -0.243. The van der Waals surface area contributed by atoms with Crippen molar-refractivity contribution in [1.82, 2.24) is 0 Å². The molecule has 0 aromatic rings. The molecule has 39 heavy (non-hydrogen) atoms. The number of rotatable bonds is 4. The van der Waals surface area contributed by atoms with Gasteiger partial charge in [-0.25, -0.2) is 0 Å². The number of aliphatic hydroxyl groups excluding tert-OH is 1. The summed E-state index contributed by atoms with van der Waals surface area (Å²) in [6.07, 6.45) is -6.06. The second-order valence-electron chi connectivity index (χ2n) is 11.4. The van der Waals surface area contributed by atoms with Crippen molar-refractivity contribution in [2.75, 3.05) is 13.2 Å². The number of epoxide rings is 2. The first-order chi connectivity index (χ1) is 18.2. The average Bonchev–Trinajstić information content (AvgIpc) is 3.77. The summed E-state index contributed by atoms with van der Waals surface area (Å²) in [5.74, 6) is -5.03. The molecule has 5 aliphatic rings. The smallest absolute Gasteiger partial charge is 0.312 e. The molecule has 0 unspecified atom stereocenters. The first-order valence-electron chi connectivity index (χ1n) is 13.0. The molecule has 0 aromatic carbocycles. The lowest BCUT2D eigenvalue weighted by atomic mass is 9.52. The largest absolute Gasteiger partial charge is 0.462 e. The van der Waals surface area contributed by atoms with Gasteiger partial charge in [-0.05, 0) is 19.8 Å². The van der Waals surface area contributed by atoms with Crippen LogP contribution in [0, 0.1) is 17.3 Å². The van der Waals surface area contributed by atoms with Crippen LogP contribution in [-0.4, -0.2) is 95.1 Å². The number of hydrogen-bond donors (Lipinski definition) is 2. The van der Waals surface area contributed by atoms with Gasteiger partial charge in [0.25, 0.3) is 0 Å². The predicted octanol–water partition coefficient (Wildman–Crippen LogP) is 0.526. The maximum absolute atomic E-state index is 13.0. The normalized spacial score (nSPS) is 48.2. The van der Waals surface area contributed by atoms with Crippen LogP contribution in [0.1, 0.15) is 47.5 Å². The van der Waals surface area contributed by atoms with Crippen LogP contribution in [0.5, 0.6) is 0 Å². The number of ether oxygens (including phenoxy) is 6. The number of hydrogen-bond acceptors (Lipinski definition) is 12. The Morgan fingerprint density at radius 3 is 2.21 bits per heavy atom. The van der Waals surface area contributed by atoms with Gasteiger partial charge < -0.3 is 38.6 Å². The van der Waals surface area contributed by atoms with Crippen molar-refractivity contribution < 1.29 is 57.8 Å². The van der Waals surface area contributed by atoms with E-state index in [1.807, 2.05) is 0 Å². The van der Waals surface area contributed by atoms with Gasteiger partial charge in [0, 0.05) is 32.3 Å². The number of fused-ring (bicyclic) bond motifs is 4. The summed E-state index contributed by atoms with van der Waals surface area (Å²) < 4.78 is 35.1. The van der Waals surface area contributed by atoms with Crippen LogP contribution in [0.4, 0.5) is 0 Å². The summed E-state index contributed by atoms with van der Waals surface area (Å²) in [6.45, 7) is 6.36. The van der Waals surface area contributed by atoms with Gasteiger partial charge in [0.1, 0.15) is 30.5 Å². The average molecular weight is 573 g/mol. The summed E-state index contributed by atoms with van der Waals surface area (Å²) in [6, 6.07) is 0. The zero-order chi connectivity index (χ0) is 28.7. The van der Waals surface area contributed by atoms with E-state index < -0.39 is 95.6 Å². The molecule has 0 bridgehead atoms. The molecule has 0 aromatic heterocycles. The second kappa shape index (κ2) is 9.41. The number of carbonyl (C=O) groups excluding carboxylic acids is 4. The van der Waals surface area contributed by atoms with Crippen molar-refractivity contribution >= 4 is 35.5 Å². The molecule has 216 valence electrons. The van der Waals surface area contributed by atoms with E-state index in [4.69, 9.17) is 40.0 Å². The van der Waals surface area contributed by atoms with Gasteiger partial charge >= 0.3 is 23.9 Å². The van der Waals surface area contributed by atoms with Crippen LogP contribution >= 0.6 is 11.6 Å². The Kier molecular flexibility index (Phi) is 6.82. The van der Waals surface area contributed by atoms with Crippen molar-refractivity contribution in [3.05, 3.63) is 10.6 Å². The minimum Gasteiger partial charge on any atom is -0.462 e. The Morgan fingerprint density at radius 2 is 1.67 bits per heavy atom. The van der Waals surface area contributed by atoms with Crippen LogP contribution in [0.15, 0.2) is 10.6 Å². The SMILES string of the molecule is CC(=O)O[C@H]1CC[C@@]2(CO2)[C@@H]2[C@H](OC(C)=O)[C@]3(O)[C@@H](C)C(=O)O[C@H]3/C(Cl)=C(/CO)[C@H]3O[C@H]3[C@H](OC(C)=O)[C@@]12C. The molecule has 12 nitrogen and oxygen atoms in total. The molecule has 3 heterocycles. The van der Waals surface area contributed by atoms with Gasteiger partial charge in [-0.15, -0.1) is 0 Å². The standard InChI is InChI=1S/C26H33ClO12/c1-10-23(32)39-20-16(27)14(8-28)17-18(38-17)21(36-12(3)30)24(5)15(35-11(2)29)6-7-25(9-34-25)19(24)22(26(10,20)33)37-13(4)31/h10,15,17-22,28,33H,6-9H2,1-5H3/b16-14+/t10-,15-,17+,18+,19+,20-,21-,22-,24-,25+,26-/m0/s1. The summed E-state index contributed by atoms with van der Waals surface area (Å²) in [4.78, 5) is 50.3. The predicted molar refractivity (Wildman–Crippen MR) is 129 cm³/mol. The number of halogens is 1. The quantitative estimate of drug-likeness (QED) is 0.272. The fourth-order valence-electron chi connectivity index (χ4n) is 7.19. The molecule has 5 rings (SSSR count). The number of aliphatic hydroxyl groups is 2. The highest BCUT2D eigenvalue weighted by atomic mass is 35.5. The van der Waals surface area contributed by atoms with E-state index in [0.29, 0.717) is 12.8 Å². The molecular formula is C26H33ClO12. The summed E-state index contributed by atoms with van der Waals surface area (Å²) >= 11 is 6.73. The van der Waals surface area contributed by atoms with Gasteiger partial charge in [-0.2, -0.15) is 0 Å². The van der Waals surface area contributed by atoms with Crippen molar-refractivity contribution in [1.29, 1.82) is 0 Å². The third kappa shape index (κ3) is 4.18.